The smallest absolute Gasteiger partial charge is 0.348 e. The minimum Gasteiger partial charge on any atom is -0.453 e. The first-order chi connectivity index (χ1) is 17.0. The molecule has 4 heterocycles. The fourth-order valence-electron chi connectivity index (χ4n) is 5.50. The van der Waals surface area contributed by atoms with Crippen LogP contribution in [0.1, 0.15) is 24.0 Å². The van der Waals surface area contributed by atoms with Crippen molar-refractivity contribution in [2.24, 2.45) is 5.92 Å². The van der Waals surface area contributed by atoms with Crippen molar-refractivity contribution < 1.29 is 23.9 Å². The molecule has 6 rings (SSSR count). The summed E-state index contributed by atoms with van der Waals surface area (Å²) in [5.41, 5.74) is -0.298. The zero-order valence-electron chi connectivity index (χ0n) is 19.5. The lowest BCUT2D eigenvalue weighted by molar-refractivity contribution is -0.939. The molecule has 0 radical (unpaired) electrons. The molecule has 3 saturated heterocycles. The molecule has 3 aliphatic heterocycles. The number of pyridine rings is 1. The number of ether oxygens (including phenoxy) is 1. The van der Waals surface area contributed by atoms with Crippen LogP contribution in [-0.2, 0) is 19.9 Å². The van der Waals surface area contributed by atoms with Crippen molar-refractivity contribution in [3.05, 3.63) is 96.3 Å². The summed E-state index contributed by atoms with van der Waals surface area (Å²) >= 11 is 0. The number of fused-ring (bicyclic) bond motifs is 3. The van der Waals surface area contributed by atoms with Gasteiger partial charge in [0.1, 0.15) is 6.54 Å². The number of piperidine rings is 3. The summed E-state index contributed by atoms with van der Waals surface area (Å²) in [7, 11) is 0. The standard InChI is InChI=1S/C28H29N3O4/c32-26(30-24-12-7-15-29-18-24)20-31-16-13-21(14-17-31)25(19-31)35-27(33)28(34,22-8-3-1-4-9-22)23-10-5-2-6-11-23/h1-12,15,18,21,25,34H,13-14,16-17,19-20H2/p+1/t21?,25-,31?/m0/s1. The van der Waals surface area contributed by atoms with E-state index in [0.717, 1.165) is 25.9 Å². The summed E-state index contributed by atoms with van der Waals surface area (Å²) in [5, 5.41) is 14.7. The molecule has 35 heavy (non-hydrogen) atoms. The van der Waals surface area contributed by atoms with Crippen LogP contribution < -0.4 is 5.32 Å². The van der Waals surface area contributed by atoms with Crippen LogP contribution in [0.4, 0.5) is 5.69 Å². The number of carbonyl (C=O) groups excluding carboxylic acids is 2. The van der Waals surface area contributed by atoms with Gasteiger partial charge in [-0.15, -0.1) is 0 Å². The van der Waals surface area contributed by atoms with E-state index in [1.807, 2.05) is 18.2 Å². The first-order valence-electron chi connectivity index (χ1n) is 12.1. The summed E-state index contributed by atoms with van der Waals surface area (Å²) in [4.78, 5) is 30.5. The van der Waals surface area contributed by atoms with Crippen LogP contribution >= 0.6 is 0 Å². The molecule has 3 aromatic rings. The molecule has 2 N–H and O–H groups in total. The lowest BCUT2D eigenvalue weighted by Crippen LogP contribution is -2.66. The van der Waals surface area contributed by atoms with Gasteiger partial charge in [-0.05, 0) is 23.3 Å². The summed E-state index contributed by atoms with van der Waals surface area (Å²) < 4.78 is 6.66. The third kappa shape index (κ3) is 4.70. The highest BCUT2D eigenvalue weighted by molar-refractivity contribution is 5.91. The van der Waals surface area contributed by atoms with Gasteiger partial charge in [0.05, 0.1) is 25.0 Å². The van der Waals surface area contributed by atoms with Crippen LogP contribution in [0, 0.1) is 5.92 Å². The number of rotatable bonds is 7. The van der Waals surface area contributed by atoms with E-state index < -0.39 is 11.6 Å². The molecule has 0 saturated carbocycles. The summed E-state index contributed by atoms with van der Waals surface area (Å²) in [6.45, 7) is 2.63. The van der Waals surface area contributed by atoms with Crippen molar-refractivity contribution in [3.8, 4) is 0 Å². The number of nitrogens with zero attached hydrogens (tertiary/aromatic N) is 2. The number of aliphatic hydroxyl groups is 1. The number of hydrogen-bond donors (Lipinski definition) is 2. The molecule has 2 bridgehead atoms. The van der Waals surface area contributed by atoms with E-state index in [4.69, 9.17) is 4.74 Å². The number of nitrogens with one attached hydrogen (secondary N) is 1. The largest absolute Gasteiger partial charge is 0.453 e. The Balaban J connectivity index is 1.34. The molecular weight excluding hydrogens is 442 g/mol. The van der Waals surface area contributed by atoms with E-state index in [1.165, 1.54) is 0 Å². The average molecular weight is 473 g/mol. The van der Waals surface area contributed by atoms with Crippen LogP contribution in [0.2, 0.25) is 0 Å². The first kappa shape index (κ1) is 23.2. The van der Waals surface area contributed by atoms with Crippen molar-refractivity contribution >= 4 is 17.6 Å². The lowest BCUT2D eigenvalue weighted by Gasteiger charge is -2.51. The van der Waals surface area contributed by atoms with E-state index in [2.05, 4.69) is 10.3 Å². The van der Waals surface area contributed by atoms with Crippen LogP contribution in [0.15, 0.2) is 85.2 Å². The molecule has 1 amide bonds. The second kappa shape index (κ2) is 9.60. The Kier molecular flexibility index (Phi) is 6.36. The number of quaternary nitrogens is 1. The van der Waals surface area contributed by atoms with Gasteiger partial charge in [0.25, 0.3) is 5.91 Å². The molecule has 1 aromatic heterocycles. The zero-order valence-corrected chi connectivity index (χ0v) is 19.5. The molecule has 7 nitrogen and oxygen atoms in total. The Morgan fingerprint density at radius 2 is 1.60 bits per heavy atom. The van der Waals surface area contributed by atoms with E-state index in [0.29, 0.717) is 34.4 Å². The Morgan fingerprint density at radius 3 is 2.17 bits per heavy atom. The molecule has 2 aromatic carbocycles. The van der Waals surface area contributed by atoms with Crippen molar-refractivity contribution in [1.29, 1.82) is 0 Å². The second-order valence-electron chi connectivity index (χ2n) is 9.64. The first-order valence-corrected chi connectivity index (χ1v) is 12.1. The molecule has 3 aliphatic rings. The monoisotopic (exact) mass is 472 g/mol. The van der Waals surface area contributed by atoms with Crippen LogP contribution in [-0.4, -0.2) is 58.7 Å². The predicted octanol–water partition coefficient (Wildman–Crippen LogP) is 3.11. The fourth-order valence-corrected chi connectivity index (χ4v) is 5.50. The number of aromatic nitrogens is 1. The topological polar surface area (TPSA) is 88.5 Å². The van der Waals surface area contributed by atoms with E-state index in [-0.39, 0.29) is 17.9 Å². The van der Waals surface area contributed by atoms with E-state index in [1.54, 1.807) is 67.0 Å². The summed E-state index contributed by atoms with van der Waals surface area (Å²) in [6, 6.07) is 21.4. The highest BCUT2D eigenvalue weighted by Crippen LogP contribution is 2.38. The molecule has 180 valence electrons. The van der Waals surface area contributed by atoms with Crippen molar-refractivity contribution in [3.63, 3.8) is 0 Å². The maximum absolute atomic E-state index is 13.6. The Labute approximate surface area is 205 Å². The van der Waals surface area contributed by atoms with Gasteiger partial charge in [-0.3, -0.25) is 9.78 Å². The molecule has 0 aliphatic carbocycles. The highest BCUT2D eigenvalue weighted by Gasteiger charge is 2.51. The molecular formula is C28H30N3O4+. The maximum atomic E-state index is 13.6. The van der Waals surface area contributed by atoms with Gasteiger partial charge < -0.3 is 19.6 Å². The van der Waals surface area contributed by atoms with Crippen LogP contribution in [0.5, 0.6) is 0 Å². The quantitative estimate of drug-likeness (QED) is 0.408. The SMILES string of the molecule is O=C(C[N+]12CCC(CC1)[C@@H](OC(=O)C(O)(c1ccccc1)c1ccccc1)C2)Nc1cccnc1. The minimum absolute atomic E-state index is 0.0755. The van der Waals surface area contributed by atoms with Gasteiger partial charge in [-0.1, -0.05) is 60.7 Å². The van der Waals surface area contributed by atoms with Gasteiger partial charge in [-0.25, -0.2) is 4.79 Å². The van der Waals surface area contributed by atoms with E-state index in [9.17, 15) is 14.7 Å². The predicted molar refractivity (Wildman–Crippen MR) is 131 cm³/mol. The highest BCUT2D eigenvalue weighted by atomic mass is 16.6. The minimum atomic E-state index is -1.91. The van der Waals surface area contributed by atoms with Crippen molar-refractivity contribution in [1.82, 2.24) is 4.98 Å². The lowest BCUT2D eigenvalue weighted by atomic mass is 9.82. The molecule has 1 atom stereocenters. The summed E-state index contributed by atoms with van der Waals surface area (Å²) in [5.74, 6) is -0.517. The van der Waals surface area contributed by atoms with Crippen LogP contribution in [0.3, 0.4) is 0 Å². The Bertz CT molecular complexity index is 1120. The maximum Gasteiger partial charge on any atom is 0.348 e. The molecule has 7 heteroatoms. The van der Waals surface area contributed by atoms with Gasteiger partial charge >= 0.3 is 5.97 Å². The summed E-state index contributed by atoms with van der Waals surface area (Å²) in [6.07, 6.45) is 4.70. The van der Waals surface area contributed by atoms with Gasteiger partial charge in [0, 0.05) is 25.0 Å². The number of esters is 1. The normalized spacial score (nSPS) is 23.5. The van der Waals surface area contributed by atoms with Crippen molar-refractivity contribution in [2.75, 3.05) is 31.5 Å². The number of carbonyl (C=O) groups is 2. The van der Waals surface area contributed by atoms with E-state index >= 15 is 0 Å². The van der Waals surface area contributed by atoms with Gasteiger partial charge in [-0.2, -0.15) is 0 Å². The van der Waals surface area contributed by atoms with Gasteiger partial charge in [0.15, 0.2) is 12.6 Å². The Hall–Kier alpha value is -3.55. The second-order valence-corrected chi connectivity index (χ2v) is 9.64. The molecule has 0 unspecified atom stereocenters. The average Bonchev–Trinajstić information content (AvgIpc) is 2.90. The third-order valence-corrected chi connectivity index (χ3v) is 7.40. The fraction of sp³-hybridized carbons (Fsp3) is 0.321. The number of benzene rings is 2. The third-order valence-electron chi connectivity index (χ3n) is 7.40. The number of hydrogen-bond acceptors (Lipinski definition) is 5. The molecule has 0 spiro atoms. The van der Waals surface area contributed by atoms with Crippen LogP contribution in [0.25, 0.3) is 0 Å². The number of anilines is 1. The molecule has 3 fully saturated rings. The van der Waals surface area contributed by atoms with Crippen molar-refractivity contribution in [2.45, 2.75) is 24.5 Å². The van der Waals surface area contributed by atoms with Gasteiger partial charge in [0.2, 0.25) is 5.60 Å². The Morgan fingerprint density at radius 1 is 0.971 bits per heavy atom. The number of amides is 1. The zero-order chi connectivity index (χ0) is 24.3.